The Balaban J connectivity index is 1.81. The van der Waals surface area contributed by atoms with E-state index in [1.165, 1.54) is 0 Å². The average molecular weight is 386 g/mol. The highest BCUT2D eigenvalue weighted by Crippen LogP contribution is 2.48. The lowest BCUT2D eigenvalue weighted by Crippen LogP contribution is -2.57. The Morgan fingerprint density at radius 1 is 1.21 bits per heavy atom. The summed E-state index contributed by atoms with van der Waals surface area (Å²) in [6, 6.07) is 8.06. The number of methoxy groups -OCH3 is 1. The number of carbonyl (C=O) groups excluding carboxylic acids is 2. The number of unbranched alkanes of at least 4 members (excludes halogenated alkanes) is 1. The number of amides is 1. The van der Waals surface area contributed by atoms with Crippen molar-refractivity contribution in [1.82, 2.24) is 4.90 Å². The molecule has 0 spiro atoms. The molecular formula is C23H31NO4. The predicted molar refractivity (Wildman–Crippen MR) is 108 cm³/mol. The van der Waals surface area contributed by atoms with Crippen molar-refractivity contribution in [3.63, 3.8) is 0 Å². The van der Waals surface area contributed by atoms with Crippen molar-refractivity contribution < 1.29 is 19.1 Å². The van der Waals surface area contributed by atoms with Gasteiger partial charge in [-0.25, -0.2) is 0 Å². The molecule has 0 unspecified atom stereocenters. The number of β-lactam (4-membered cyclic amide) rings is 1. The van der Waals surface area contributed by atoms with Crippen LogP contribution in [0.25, 0.3) is 0 Å². The van der Waals surface area contributed by atoms with Crippen LogP contribution in [0.1, 0.15) is 51.1 Å². The summed E-state index contributed by atoms with van der Waals surface area (Å²) in [5.41, 5.74) is 1.13. The van der Waals surface area contributed by atoms with Gasteiger partial charge in [-0.2, -0.15) is 0 Å². The smallest absolute Gasteiger partial charge is 0.309 e. The average Bonchev–Trinajstić information content (AvgIpc) is 2.72. The molecule has 1 amide bonds. The van der Waals surface area contributed by atoms with Crippen LogP contribution in [0, 0.1) is 17.8 Å². The first kappa shape index (κ1) is 20.4. The Morgan fingerprint density at radius 3 is 2.61 bits per heavy atom. The third-order valence-electron chi connectivity index (χ3n) is 5.90. The number of allylic oxidation sites excluding steroid dienone is 2. The first-order chi connectivity index (χ1) is 13.6. The fourth-order valence-corrected chi connectivity index (χ4v) is 4.40. The third kappa shape index (κ3) is 4.08. The number of benzene rings is 1. The minimum atomic E-state index is -0.149. The summed E-state index contributed by atoms with van der Waals surface area (Å²) in [4.78, 5) is 27.2. The van der Waals surface area contributed by atoms with E-state index in [4.69, 9.17) is 9.47 Å². The maximum absolute atomic E-state index is 13.0. The van der Waals surface area contributed by atoms with E-state index in [0.717, 1.165) is 30.7 Å². The largest absolute Gasteiger partial charge is 0.497 e. The van der Waals surface area contributed by atoms with Crippen molar-refractivity contribution in [2.75, 3.05) is 20.3 Å². The van der Waals surface area contributed by atoms with Crippen molar-refractivity contribution in [2.45, 2.75) is 45.6 Å². The summed E-state index contributed by atoms with van der Waals surface area (Å²) in [6.45, 7) is 5.14. The second-order valence-corrected chi connectivity index (χ2v) is 7.64. The van der Waals surface area contributed by atoms with Gasteiger partial charge >= 0.3 is 5.97 Å². The molecule has 1 fully saturated rings. The van der Waals surface area contributed by atoms with E-state index in [9.17, 15) is 9.59 Å². The van der Waals surface area contributed by atoms with Gasteiger partial charge in [0, 0.05) is 6.54 Å². The first-order valence-electron chi connectivity index (χ1n) is 10.4. The fourth-order valence-electron chi connectivity index (χ4n) is 4.40. The van der Waals surface area contributed by atoms with E-state index in [-0.39, 0.29) is 35.7 Å². The van der Waals surface area contributed by atoms with E-state index >= 15 is 0 Å². The molecule has 0 bridgehead atoms. The lowest BCUT2D eigenvalue weighted by molar-refractivity contribution is -0.162. The van der Waals surface area contributed by atoms with E-state index in [2.05, 4.69) is 25.1 Å². The van der Waals surface area contributed by atoms with Crippen LogP contribution in [0.3, 0.4) is 0 Å². The molecule has 5 heteroatoms. The van der Waals surface area contributed by atoms with Gasteiger partial charge in [-0.05, 0) is 49.8 Å². The predicted octanol–water partition coefficient (Wildman–Crippen LogP) is 4.14. The number of carbonyl (C=O) groups is 2. The molecule has 4 atom stereocenters. The highest BCUT2D eigenvalue weighted by atomic mass is 16.5. The van der Waals surface area contributed by atoms with E-state index in [1.54, 1.807) is 7.11 Å². The summed E-state index contributed by atoms with van der Waals surface area (Å²) < 4.78 is 10.5. The molecule has 2 aliphatic rings. The summed E-state index contributed by atoms with van der Waals surface area (Å²) in [6.07, 6.45) is 7.60. The number of hydrogen-bond acceptors (Lipinski definition) is 4. The summed E-state index contributed by atoms with van der Waals surface area (Å²) in [7, 11) is 1.65. The topological polar surface area (TPSA) is 55.8 Å². The summed E-state index contributed by atoms with van der Waals surface area (Å²) in [5.74, 6) is 0.676. The Labute approximate surface area is 167 Å². The molecule has 5 nitrogen and oxygen atoms in total. The fraction of sp³-hybridized carbons (Fsp3) is 0.565. The van der Waals surface area contributed by atoms with Gasteiger partial charge in [0.2, 0.25) is 5.91 Å². The highest BCUT2D eigenvalue weighted by Gasteiger charge is 2.51. The maximum Gasteiger partial charge on any atom is 0.309 e. The molecule has 0 saturated carbocycles. The van der Waals surface area contributed by atoms with Crippen LogP contribution in [-0.2, 0) is 14.3 Å². The Morgan fingerprint density at radius 2 is 1.96 bits per heavy atom. The highest BCUT2D eigenvalue weighted by molar-refractivity contribution is 5.87. The first-order valence-corrected chi connectivity index (χ1v) is 10.4. The Hall–Kier alpha value is -2.30. The van der Waals surface area contributed by atoms with Crippen LogP contribution in [0.5, 0.6) is 5.75 Å². The van der Waals surface area contributed by atoms with Gasteiger partial charge < -0.3 is 14.4 Å². The van der Waals surface area contributed by atoms with Gasteiger partial charge in [-0.15, -0.1) is 0 Å². The Kier molecular flexibility index (Phi) is 6.76. The zero-order valence-electron chi connectivity index (χ0n) is 17.1. The minimum absolute atomic E-state index is 0.0561. The Bertz CT molecular complexity index is 712. The van der Waals surface area contributed by atoms with Crippen LogP contribution in [0.4, 0.5) is 0 Å². The maximum atomic E-state index is 13.0. The lowest BCUT2D eigenvalue weighted by atomic mass is 9.69. The number of likely N-dealkylation sites (tertiary alicyclic amines) is 1. The molecular weight excluding hydrogens is 354 g/mol. The SMILES string of the molecule is CCCCN1C(=O)[C@H]([C@H]2C=CC[C@@H](C(=O)OCC)C2)[C@@H]1c1ccc(OC)cc1. The second kappa shape index (κ2) is 9.26. The molecule has 3 rings (SSSR count). The molecule has 152 valence electrons. The van der Waals surface area contributed by atoms with Crippen LogP contribution in [0.15, 0.2) is 36.4 Å². The van der Waals surface area contributed by atoms with Gasteiger partial charge in [0.05, 0.1) is 31.6 Å². The van der Waals surface area contributed by atoms with Crippen molar-refractivity contribution >= 4 is 11.9 Å². The van der Waals surface area contributed by atoms with Gasteiger partial charge in [0.1, 0.15) is 5.75 Å². The number of hydrogen-bond donors (Lipinski definition) is 0. The van der Waals surface area contributed by atoms with Gasteiger partial charge in [0.25, 0.3) is 0 Å². The van der Waals surface area contributed by atoms with Crippen LogP contribution < -0.4 is 4.74 Å². The van der Waals surface area contributed by atoms with Crippen molar-refractivity contribution in [2.24, 2.45) is 17.8 Å². The molecule has 1 aromatic carbocycles. The zero-order valence-corrected chi connectivity index (χ0v) is 17.1. The summed E-state index contributed by atoms with van der Waals surface area (Å²) in [5, 5.41) is 0. The van der Waals surface area contributed by atoms with Crippen LogP contribution >= 0.6 is 0 Å². The van der Waals surface area contributed by atoms with Gasteiger partial charge in [-0.1, -0.05) is 37.6 Å². The third-order valence-corrected chi connectivity index (χ3v) is 5.90. The number of esters is 1. The van der Waals surface area contributed by atoms with E-state index in [1.807, 2.05) is 30.0 Å². The van der Waals surface area contributed by atoms with Crippen LogP contribution in [0.2, 0.25) is 0 Å². The number of ether oxygens (including phenoxy) is 2. The molecule has 1 aliphatic heterocycles. The minimum Gasteiger partial charge on any atom is -0.497 e. The quantitative estimate of drug-likeness (QED) is 0.383. The van der Waals surface area contributed by atoms with Gasteiger partial charge in [0.15, 0.2) is 0 Å². The monoisotopic (exact) mass is 385 g/mol. The zero-order chi connectivity index (χ0) is 20.1. The van der Waals surface area contributed by atoms with Gasteiger partial charge in [-0.3, -0.25) is 9.59 Å². The molecule has 0 radical (unpaired) electrons. The molecule has 0 aromatic heterocycles. The van der Waals surface area contributed by atoms with Crippen molar-refractivity contribution in [3.05, 3.63) is 42.0 Å². The molecule has 1 aromatic rings. The van der Waals surface area contributed by atoms with Crippen molar-refractivity contribution in [3.8, 4) is 5.75 Å². The van der Waals surface area contributed by atoms with E-state index < -0.39 is 0 Å². The standard InChI is InChI=1S/C23H31NO4/c1-4-6-14-24-21(16-10-12-19(27-3)13-11-16)20(22(24)25)17-8-7-9-18(15-17)23(26)28-5-2/h7-8,10-13,17-18,20-21H,4-6,9,14-15H2,1-3H3/t17-,18+,20+,21-/m0/s1. The van der Waals surface area contributed by atoms with Crippen LogP contribution in [-0.4, -0.2) is 37.0 Å². The molecule has 1 heterocycles. The number of rotatable bonds is 8. The lowest BCUT2D eigenvalue weighted by Gasteiger charge is -2.51. The normalized spacial score (nSPS) is 26.7. The van der Waals surface area contributed by atoms with Crippen molar-refractivity contribution in [1.29, 1.82) is 0 Å². The molecule has 0 N–H and O–H groups in total. The molecule has 1 saturated heterocycles. The second-order valence-electron chi connectivity index (χ2n) is 7.64. The summed E-state index contributed by atoms with van der Waals surface area (Å²) >= 11 is 0. The molecule has 28 heavy (non-hydrogen) atoms. The molecule has 1 aliphatic carbocycles. The van der Waals surface area contributed by atoms with E-state index in [0.29, 0.717) is 19.4 Å². The number of nitrogens with zero attached hydrogens (tertiary/aromatic N) is 1.